The predicted molar refractivity (Wildman–Crippen MR) is 127 cm³/mol. The maximum atomic E-state index is 12.9. The van der Waals surface area contributed by atoms with Crippen molar-refractivity contribution in [3.8, 4) is 0 Å². The lowest BCUT2D eigenvalue weighted by Crippen LogP contribution is -2.47. The Morgan fingerprint density at radius 3 is 2.13 bits per heavy atom. The van der Waals surface area contributed by atoms with Gasteiger partial charge in [-0.25, -0.2) is 0 Å². The van der Waals surface area contributed by atoms with E-state index in [0.717, 1.165) is 24.0 Å². The number of carbonyl (C=O) groups is 2. The topological polar surface area (TPSA) is 46.6 Å². The number of hydrogen-bond donors (Lipinski definition) is 0. The molecule has 0 aliphatic carbocycles. The highest BCUT2D eigenvalue weighted by Gasteiger charge is 2.40. The maximum absolute atomic E-state index is 12.9. The van der Waals surface area contributed by atoms with Crippen molar-refractivity contribution in [3.63, 3.8) is 0 Å². The van der Waals surface area contributed by atoms with Gasteiger partial charge in [0.05, 0.1) is 6.61 Å². The Hall–Kier alpha value is -2.53. The minimum Gasteiger partial charge on any atom is -0.484 e. The highest BCUT2D eigenvalue weighted by atomic mass is 32.1. The highest BCUT2D eigenvalue weighted by molar-refractivity contribution is 7.80. The van der Waals surface area contributed by atoms with Crippen LogP contribution in [0.25, 0.3) is 0 Å². The Bertz CT molecular complexity index is 871. The largest absolute Gasteiger partial charge is 0.484 e. The Labute approximate surface area is 190 Å². The third kappa shape index (κ3) is 5.40. The predicted octanol–water partition coefficient (Wildman–Crippen LogP) is 5.16. The number of Topliss-reactive ketones (excluding diaryl/α,β-unsaturated/α-hetero) is 1. The molecular formula is C26H31NO3S. The molecule has 1 heterocycles. The highest BCUT2D eigenvalue weighted by Crippen LogP contribution is 2.28. The monoisotopic (exact) mass is 437 g/mol. The van der Waals surface area contributed by atoms with E-state index >= 15 is 0 Å². The minimum absolute atomic E-state index is 0.0339. The van der Waals surface area contributed by atoms with Gasteiger partial charge in [-0.1, -0.05) is 81.4 Å². The minimum atomic E-state index is -0.668. The average molecular weight is 438 g/mol. The Kier molecular flexibility index (Phi) is 7.60. The molecule has 1 unspecified atom stereocenters. The normalized spacial score (nSPS) is 16.4. The van der Waals surface area contributed by atoms with Gasteiger partial charge < -0.3 is 9.64 Å². The summed E-state index contributed by atoms with van der Waals surface area (Å²) in [6.45, 7) is 6.49. The standard InChI is InChI=1S/C26H31NO3S/c1-4-26(2,3)23(28)24(29)27-17-11-16-22(27)25(31)30-18-21(19-12-7-5-8-13-19)20-14-9-6-10-15-20/h5-10,12-15,21-22H,4,11,16-18H2,1-3H3. The van der Waals surface area contributed by atoms with Crippen molar-refractivity contribution in [2.75, 3.05) is 13.2 Å². The Balaban J connectivity index is 1.72. The second kappa shape index (κ2) is 10.2. The summed E-state index contributed by atoms with van der Waals surface area (Å²) in [6, 6.07) is 20.1. The molecule has 2 aromatic carbocycles. The molecule has 1 saturated heterocycles. The van der Waals surface area contributed by atoms with Crippen LogP contribution in [0, 0.1) is 5.41 Å². The molecule has 1 fully saturated rings. The van der Waals surface area contributed by atoms with Gasteiger partial charge in [0.2, 0.25) is 5.78 Å². The number of carbonyl (C=O) groups excluding carboxylic acids is 2. The van der Waals surface area contributed by atoms with E-state index in [1.165, 1.54) is 0 Å². The first-order chi connectivity index (χ1) is 14.8. The SMILES string of the molecule is CCC(C)(C)C(=O)C(=O)N1CCCC1C(=S)OCC(c1ccccc1)c1ccccc1. The lowest BCUT2D eigenvalue weighted by atomic mass is 9.84. The first-order valence-corrected chi connectivity index (χ1v) is 11.4. The number of amides is 1. The van der Waals surface area contributed by atoms with E-state index in [1.54, 1.807) is 4.90 Å². The molecule has 0 bridgehead atoms. The zero-order valence-corrected chi connectivity index (χ0v) is 19.4. The van der Waals surface area contributed by atoms with Crippen molar-refractivity contribution in [1.82, 2.24) is 4.90 Å². The lowest BCUT2D eigenvalue weighted by molar-refractivity contribution is -0.149. The summed E-state index contributed by atoms with van der Waals surface area (Å²) in [5, 5.41) is 0.393. The lowest BCUT2D eigenvalue weighted by Gasteiger charge is -2.29. The van der Waals surface area contributed by atoms with Crippen LogP contribution in [0.3, 0.4) is 0 Å². The van der Waals surface area contributed by atoms with E-state index in [4.69, 9.17) is 17.0 Å². The van der Waals surface area contributed by atoms with Crippen LogP contribution in [0.1, 0.15) is 57.1 Å². The van der Waals surface area contributed by atoms with Crippen LogP contribution in [-0.2, 0) is 14.3 Å². The van der Waals surface area contributed by atoms with Gasteiger partial charge in [-0.15, -0.1) is 0 Å². The summed E-state index contributed by atoms with van der Waals surface area (Å²) < 4.78 is 6.10. The van der Waals surface area contributed by atoms with Crippen molar-refractivity contribution in [2.24, 2.45) is 5.41 Å². The molecule has 0 saturated carbocycles. The fourth-order valence-electron chi connectivity index (χ4n) is 3.85. The summed E-state index contributed by atoms with van der Waals surface area (Å²) >= 11 is 5.61. The van der Waals surface area contributed by atoms with Crippen molar-refractivity contribution < 1.29 is 14.3 Å². The van der Waals surface area contributed by atoms with Crippen LogP contribution in [0.5, 0.6) is 0 Å². The fourth-order valence-corrected chi connectivity index (χ4v) is 4.17. The summed E-state index contributed by atoms with van der Waals surface area (Å²) in [4.78, 5) is 27.2. The van der Waals surface area contributed by atoms with Crippen molar-refractivity contribution in [3.05, 3.63) is 71.8 Å². The summed E-state index contributed by atoms with van der Waals surface area (Å²) in [7, 11) is 0. The molecule has 1 atom stereocenters. The zero-order chi connectivity index (χ0) is 22.4. The van der Waals surface area contributed by atoms with Gasteiger partial charge in [0.1, 0.15) is 6.04 Å². The number of hydrogen-bond acceptors (Lipinski definition) is 4. The molecule has 31 heavy (non-hydrogen) atoms. The van der Waals surface area contributed by atoms with Crippen LogP contribution in [0.4, 0.5) is 0 Å². The Morgan fingerprint density at radius 2 is 1.61 bits per heavy atom. The quantitative estimate of drug-likeness (QED) is 0.423. The van der Waals surface area contributed by atoms with Gasteiger partial charge in [0.25, 0.3) is 5.91 Å². The Morgan fingerprint density at radius 1 is 1.06 bits per heavy atom. The number of nitrogens with zero attached hydrogens (tertiary/aromatic N) is 1. The van der Waals surface area contributed by atoms with E-state index in [0.29, 0.717) is 24.6 Å². The zero-order valence-electron chi connectivity index (χ0n) is 18.5. The van der Waals surface area contributed by atoms with Crippen molar-refractivity contribution in [2.45, 2.75) is 52.0 Å². The van der Waals surface area contributed by atoms with Gasteiger partial charge in [-0.2, -0.15) is 0 Å². The van der Waals surface area contributed by atoms with Crippen LogP contribution >= 0.6 is 12.2 Å². The first kappa shape index (κ1) is 23.1. The number of ether oxygens (including phenoxy) is 1. The molecule has 0 spiro atoms. The van der Waals surface area contributed by atoms with E-state index in [9.17, 15) is 9.59 Å². The van der Waals surface area contributed by atoms with Crippen LogP contribution < -0.4 is 0 Å². The van der Waals surface area contributed by atoms with E-state index in [2.05, 4.69) is 24.3 Å². The second-order valence-electron chi connectivity index (χ2n) is 8.73. The van der Waals surface area contributed by atoms with Crippen LogP contribution in [0.2, 0.25) is 0 Å². The van der Waals surface area contributed by atoms with Gasteiger partial charge >= 0.3 is 0 Å². The summed E-state index contributed by atoms with van der Waals surface area (Å²) in [5.41, 5.74) is 1.63. The molecule has 164 valence electrons. The summed E-state index contributed by atoms with van der Waals surface area (Å²) in [5.74, 6) is -0.759. The van der Waals surface area contributed by atoms with E-state index in [1.807, 2.05) is 57.2 Å². The molecule has 0 N–H and O–H groups in total. The molecule has 4 nitrogen and oxygen atoms in total. The first-order valence-electron chi connectivity index (χ1n) is 11.0. The van der Waals surface area contributed by atoms with Crippen molar-refractivity contribution >= 4 is 29.0 Å². The number of thiocarbonyl (C=S) groups is 1. The smallest absolute Gasteiger partial charge is 0.291 e. The molecule has 1 aliphatic heterocycles. The molecule has 1 aliphatic rings. The number of ketones is 1. The van der Waals surface area contributed by atoms with Gasteiger partial charge in [0.15, 0.2) is 5.05 Å². The molecule has 5 heteroatoms. The maximum Gasteiger partial charge on any atom is 0.291 e. The van der Waals surface area contributed by atoms with Crippen LogP contribution in [-0.4, -0.2) is 40.8 Å². The summed E-state index contributed by atoms with van der Waals surface area (Å²) in [6.07, 6.45) is 2.17. The number of benzene rings is 2. The number of rotatable bonds is 8. The van der Waals surface area contributed by atoms with E-state index < -0.39 is 11.3 Å². The van der Waals surface area contributed by atoms with Crippen LogP contribution in [0.15, 0.2) is 60.7 Å². The molecule has 0 aromatic heterocycles. The third-order valence-electron chi connectivity index (χ3n) is 6.27. The van der Waals surface area contributed by atoms with E-state index in [-0.39, 0.29) is 17.7 Å². The number of likely N-dealkylation sites (tertiary alicyclic amines) is 1. The molecular weight excluding hydrogens is 406 g/mol. The molecule has 0 radical (unpaired) electrons. The molecule has 3 rings (SSSR count). The van der Waals surface area contributed by atoms with Gasteiger partial charge in [0, 0.05) is 17.9 Å². The second-order valence-corrected chi connectivity index (χ2v) is 9.13. The third-order valence-corrected chi connectivity index (χ3v) is 6.66. The van der Waals surface area contributed by atoms with Gasteiger partial charge in [-0.05, 0) is 42.6 Å². The fraction of sp³-hybridized carbons (Fsp3) is 0.423. The molecule has 1 amide bonds. The van der Waals surface area contributed by atoms with Gasteiger partial charge in [-0.3, -0.25) is 9.59 Å². The molecule has 2 aromatic rings. The van der Waals surface area contributed by atoms with Crippen molar-refractivity contribution in [1.29, 1.82) is 0 Å². The average Bonchev–Trinajstić information content (AvgIpc) is 3.29.